The first-order valence-electron chi connectivity index (χ1n) is 6.59. The van der Waals surface area contributed by atoms with Gasteiger partial charge in [0.25, 0.3) is 5.91 Å². The smallest absolute Gasteiger partial charge is 0.255 e. The molecule has 1 fully saturated rings. The van der Waals surface area contributed by atoms with E-state index in [0.29, 0.717) is 12.1 Å². The van der Waals surface area contributed by atoms with Crippen LogP contribution in [0.5, 0.6) is 0 Å². The Morgan fingerprint density at radius 2 is 2.25 bits per heavy atom. The SMILES string of the molecule is Cc1ccc(C(=O)N2CCCCC2/C(N)=N/O)c(Br)c1. The molecule has 0 aliphatic carbocycles. The first kappa shape index (κ1) is 14.8. The first-order chi connectivity index (χ1) is 9.54. The largest absolute Gasteiger partial charge is 0.409 e. The van der Waals surface area contributed by atoms with Crippen LogP contribution in [0.3, 0.4) is 0 Å². The lowest BCUT2D eigenvalue weighted by Crippen LogP contribution is -2.50. The van der Waals surface area contributed by atoms with Crippen LogP contribution >= 0.6 is 15.9 Å². The minimum absolute atomic E-state index is 0.0897. The molecular formula is C14H18BrN3O2. The van der Waals surface area contributed by atoms with Crippen molar-refractivity contribution in [3.05, 3.63) is 33.8 Å². The van der Waals surface area contributed by atoms with Gasteiger partial charge in [-0.05, 0) is 59.8 Å². The molecule has 1 aliphatic heterocycles. The molecule has 1 amide bonds. The predicted octanol–water partition coefficient (Wildman–Crippen LogP) is 2.50. The van der Waals surface area contributed by atoms with E-state index in [4.69, 9.17) is 10.9 Å². The standard InChI is InChI=1S/C14H18BrN3O2/c1-9-5-6-10(11(15)8-9)14(19)18-7-3-2-4-12(18)13(16)17-20/h5-6,8,12,20H,2-4,7H2,1H3,(H2,16,17). The number of rotatable bonds is 2. The molecular weight excluding hydrogens is 322 g/mol. The van der Waals surface area contributed by atoms with Crippen LogP contribution in [-0.2, 0) is 0 Å². The molecule has 1 aromatic carbocycles. The maximum absolute atomic E-state index is 12.7. The molecule has 6 heteroatoms. The number of carbonyl (C=O) groups is 1. The minimum Gasteiger partial charge on any atom is -0.409 e. The maximum atomic E-state index is 12.7. The van der Waals surface area contributed by atoms with E-state index in [1.807, 2.05) is 19.1 Å². The second-order valence-electron chi connectivity index (χ2n) is 5.02. The third kappa shape index (κ3) is 2.95. The molecule has 3 N–H and O–H groups in total. The van der Waals surface area contributed by atoms with E-state index in [1.165, 1.54) is 0 Å². The number of amides is 1. The molecule has 0 spiro atoms. The van der Waals surface area contributed by atoms with Crippen LogP contribution in [0.4, 0.5) is 0 Å². The zero-order chi connectivity index (χ0) is 14.7. The zero-order valence-electron chi connectivity index (χ0n) is 11.3. The second kappa shape index (κ2) is 6.26. The molecule has 20 heavy (non-hydrogen) atoms. The van der Waals surface area contributed by atoms with Gasteiger partial charge in [0, 0.05) is 11.0 Å². The van der Waals surface area contributed by atoms with Gasteiger partial charge < -0.3 is 15.8 Å². The highest BCUT2D eigenvalue weighted by atomic mass is 79.9. The average molecular weight is 340 g/mol. The first-order valence-corrected chi connectivity index (χ1v) is 7.38. The number of benzene rings is 1. The summed E-state index contributed by atoms with van der Waals surface area (Å²) in [4.78, 5) is 14.4. The van der Waals surface area contributed by atoms with Crippen LogP contribution in [0, 0.1) is 6.92 Å². The molecule has 0 aromatic heterocycles. The summed E-state index contributed by atoms with van der Waals surface area (Å²) in [5.74, 6) is 0.00876. The third-order valence-electron chi connectivity index (χ3n) is 3.58. The Morgan fingerprint density at radius 3 is 2.90 bits per heavy atom. The Bertz CT molecular complexity index is 545. The van der Waals surface area contributed by atoms with Crippen LogP contribution < -0.4 is 5.73 Å². The number of aryl methyl sites for hydroxylation is 1. The number of likely N-dealkylation sites (tertiary alicyclic amines) is 1. The van der Waals surface area contributed by atoms with E-state index in [1.54, 1.807) is 11.0 Å². The van der Waals surface area contributed by atoms with Crippen molar-refractivity contribution in [2.45, 2.75) is 32.2 Å². The van der Waals surface area contributed by atoms with Gasteiger partial charge in [-0.25, -0.2) is 0 Å². The number of piperidine rings is 1. The van der Waals surface area contributed by atoms with Gasteiger partial charge >= 0.3 is 0 Å². The molecule has 1 atom stereocenters. The molecule has 0 saturated carbocycles. The van der Waals surface area contributed by atoms with Crippen molar-refractivity contribution in [2.24, 2.45) is 10.9 Å². The minimum atomic E-state index is -0.325. The van der Waals surface area contributed by atoms with Crippen molar-refractivity contribution in [3.63, 3.8) is 0 Å². The van der Waals surface area contributed by atoms with Crippen molar-refractivity contribution in [3.8, 4) is 0 Å². The van der Waals surface area contributed by atoms with E-state index < -0.39 is 0 Å². The second-order valence-corrected chi connectivity index (χ2v) is 5.87. The van der Waals surface area contributed by atoms with E-state index in [2.05, 4.69) is 21.1 Å². The Labute approximate surface area is 126 Å². The fourth-order valence-corrected chi connectivity index (χ4v) is 3.16. The molecule has 1 saturated heterocycles. The molecule has 0 bridgehead atoms. The predicted molar refractivity (Wildman–Crippen MR) is 81.0 cm³/mol. The van der Waals surface area contributed by atoms with Crippen LogP contribution in [0.2, 0.25) is 0 Å². The number of halogens is 1. The van der Waals surface area contributed by atoms with Gasteiger partial charge in [-0.1, -0.05) is 11.2 Å². The molecule has 108 valence electrons. The summed E-state index contributed by atoms with van der Waals surface area (Å²) < 4.78 is 0.770. The summed E-state index contributed by atoms with van der Waals surface area (Å²) >= 11 is 3.43. The van der Waals surface area contributed by atoms with Gasteiger partial charge in [0.2, 0.25) is 0 Å². The van der Waals surface area contributed by atoms with Crippen molar-refractivity contribution < 1.29 is 10.0 Å². The van der Waals surface area contributed by atoms with E-state index in [0.717, 1.165) is 29.3 Å². The summed E-state index contributed by atoms with van der Waals surface area (Å²) in [5, 5.41) is 11.9. The number of nitrogens with zero attached hydrogens (tertiary/aromatic N) is 2. The molecule has 0 radical (unpaired) electrons. The van der Waals surface area contributed by atoms with Crippen molar-refractivity contribution in [1.29, 1.82) is 0 Å². The van der Waals surface area contributed by atoms with E-state index >= 15 is 0 Å². The third-order valence-corrected chi connectivity index (χ3v) is 4.23. The van der Waals surface area contributed by atoms with Crippen molar-refractivity contribution in [2.75, 3.05) is 6.54 Å². The van der Waals surface area contributed by atoms with Gasteiger partial charge in [-0.3, -0.25) is 4.79 Å². The molecule has 5 nitrogen and oxygen atoms in total. The quantitative estimate of drug-likeness (QED) is 0.376. The molecule has 1 aliphatic rings. The maximum Gasteiger partial charge on any atom is 0.255 e. The number of oxime groups is 1. The lowest BCUT2D eigenvalue weighted by molar-refractivity contribution is 0.0675. The Kier molecular flexibility index (Phi) is 4.65. The Balaban J connectivity index is 2.30. The summed E-state index contributed by atoms with van der Waals surface area (Å²) in [6, 6.07) is 5.30. The fourth-order valence-electron chi connectivity index (χ4n) is 2.50. The van der Waals surface area contributed by atoms with Gasteiger partial charge in [-0.15, -0.1) is 0 Å². The van der Waals surface area contributed by atoms with Crippen LogP contribution in [0.25, 0.3) is 0 Å². The number of carbonyl (C=O) groups excluding carboxylic acids is 1. The fraction of sp³-hybridized carbons (Fsp3) is 0.429. The van der Waals surface area contributed by atoms with Crippen molar-refractivity contribution >= 4 is 27.7 Å². The lowest BCUT2D eigenvalue weighted by Gasteiger charge is -2.35. The van der Waals surface area contributed by atoms with Crippen LogP contribution in [-0.4, -0.2) is 34.4 Å². The number of amidine groups is 1. The summed E-state index contributed by atoms with van der Waals surface area (Å²) in [6.07, 6.45) is 2.63. The van der Waals surface area contributed by atoms with Gasteiger partial charge in [0.15, 0.2) is 5.84 Å². The molecule has 2 rings (SSSR count). The highest BCUT2D eigenvalue weighted by molar-refractivity contribution is 9.10. The highest BCUT2D eigenvalue weighted by Gasteiger charge is 2.31. The van der Waals surface area contributed by atoms with Gasteiger partial charge in [0.05, 0.1) is 11.6 Å². The Morgan fingerprint density at radius 1 is 1.50 bits per heavy atom. The number of hydrogen-bond donors (Lipinski definition) is 2. The normalized spacial score (nSPS) is 20.0. The summed E-state index contributed by atoms with van der Waals surface area (Å²) in [6.45, 7) is 2.60. The van der Waals surface area contributed by atoms with Gasteiger partial charge in [-0.2, -0.15) is 0 Å². The summed E-state index contributed by atoms with van der Waals surface area (Å²) in [7, 11) is 0. The average Bonchev–Trinajstić information content (AvgIpc) is 2.46. The van der Waals surface area contributed by atoms with Crippen LogP contribution in [0.15, 0.2) is 27.8 Å². The zero-order valence-corrected chi connectivity index (χ0v) is 12.9. The van der Waals surface area contributed by atoms with Crippen molar-refractivity contribution in [1.82, 2.24) is 4.90 Å². The molecule has 1 heterocycles. The highest BCUT2D eigenvalue weighted by Crippen LogP contribution is 2.24. The van der Waals surface area contributed by atoms with E-state index in [-0.39, 0.29) is 17.8 Å². The number of hydrogen-bond acceptors (Lipinski definition) is 3. The molecule has 1 aromatic rings. The molecule has 1 unspecified atom stereocenters. The topological polar surface area (TPSA) is 78.9 Å². The number of nitrogens with two attached hydrogens (primary N) is 1. The monoisotopic (exact) mass is 339 g/mol. The van der Waals surface area contributed by atoms with E-state index in [9.17, 15) is 4.79 Å². The van der Waals surface area contributed by atoms with Crippen LogP contribution in [0.1, 0.15) is 35.2 Å². The Hall–Kier alpha value is -1.56. The lowest BCUT2D eigenvalue weighted by atomic mass is 9.99. The van der Waals surface area contributed by atoms with Gasteiger partial charge in [0.1, 0.15) is 0 Å². The summed E-state index contributed by atoms with van der Waals surface area (Å²) in [5.41, 5.74) is 7.40.